The summed E-state index contributed by atoms with van der Waals surface area (Å²) in [5.41, 5.74) is 7.92. The Balaban J connectivity index is 2.31. The first-order chi connectivity index (χ1) is 7.68. The zero-order valence-electron chi connectivity index (χ0n) is 9.75. The number of nitrogens with two attached hydrogens (primary N) is 1. The molecule has 1 unspecified atom stereocenters. The van der Waals surface area contributed by atoms with Crippen LogP contribution in [0.2, 0.25) is 0 Å². The number of benzene rings is 1. The van der Waals surface area contributed by atoms with Gasteiger partial charge in [-0.15, -0.1) is 0 Å². The number of hydrogen-bond acceptors (Lipinski definition) is 2. The van der Waals surface area contributed by atoms with E-state index in [9.17, 15) is 4.39 Å². The highest BCUT2D eigenvalue weighted by atomic mass is 19.1. The Hall–Kier alpha value is -1.09. The minimum absolute atomic E-state index is 0.118. The number of piperidine rings is 1. The molecule has 0 aliphatic carbocycles. The van der Waals surface area contributed by atoms with Gasteiger partial charge in [-0.2, -0.15) is 0 Å². The minimum atomic E-state index is -0.201. The van der Waals surface area contributed by atoms with Crippen molar-refractivity contribution in [1.82, 2.24) is 0 Å². The second-order valence-electron chi connectivity index (χ2n) is 4.54. The first-order valence-corrected chi connectivity index (χ1v) is 5.98. The van der Waals surface area contributed by atoms with Gasteiger partial charge in [0.05, 0.1) is 0 Å². The largest absolute Gasteiger partial charge is 0.371 e. The average molecular weight is 222 g/mol. The molecule has 0 radical (unpaired) electrons. The molecule has 0 bridgehead atoms. The first-order valence-electron chi connectivity index (χ1n) is 5.98. The molecule has 3 heteroatoms. The quantitative estimate of drug-likeness (QED) is 0.833. The van der Waals surface area contributed by atoms with Gasteiger partial charge in [-0.1, -0.05) is 0 Å². The number of nitrogens with zero attached hydrogens (tertiary/aromatic N) is 1. The van der Waals surface area contributed by atoms with E-state index in [0.717, 1.165) is 24.3 Å². The summed E-state index contributed by atoms with van der Waals surface area (Å²) in [6, 6.07) is 4.83. The van der Waals surface area contributed by atoms with E-state index in [1.54, 1.807) is 6.07 Å². The van der Waals surface area contributed by atoms with E-state index in [-0.39, 0.29) is 11.9 Å². The molecule has 2 rings (SSSR count). The summed E-state index contributed by atoms with van der Waals surface area (Å²) in [6.45, 7) is 4.03. The van der Waals surface area contributed by atoms with E-state index in [2.05, 4.69) is 4.90 Å². The van der Waals surface area contributed by atoms with Crippen molar-refractivity contribution in [2.45, 2.75) is 32.2 Å². The number of anilines is 1. The summed E-state index contributed by atoms with van der Waals surface area (Å²) in [5.74, 6) is -0.201. The lowest BCUT2D eigenvalue weighted by atomic mass is 10.0. The third-order valence-electron chi connectivity index (χ3n) is 3.18. The molecular formula is C13H19FN2. The van der Waals surface area contributed by atoms with Crippen molar-refractivity contribution in [3.8, 4) is 0 Å². The van der Waals surface area contributed by atoms with Crippen LogP contribution in [-0.2, 0) is 0 Å². The van der Waals surface area contributed by atoms with E-state index >= 15 is 0 Å². The van der Waals surface area contributed by atoms with Crippen molar-refractivity contribution in [1.29, 1.82) is 0 Å². The van der Waals surface area contributed by atoms with Crippen molar-refractivity contribution in [3.63, 3.8) is 0 Å². The molecule has 0 aromatic heterocycles. The number of rotatable bonds is 2. The maximum absolute atomic E-state index is 13.2. The zero-order valence-corrected chi connectivity index (χ0v) is 9.75. The van der Waals surface area contributed by atoms with Gasteiger partial charge in [-0.05, 0) is 49.9 Å². The Kier molecular flexibility index (Phi) is 3.44. The predicted octanol–water partition coefficient (Wildman–Crippen LogP) is 2.84. The van der Waals surface area contributed by atoms with E-state index in [1.165, 1.54) is 25.3 Å². The third kappa shape index (κ3) is 2.35. The molecule has 2 N–H and O–H groups in total. The predicted molar refractivity (Wildman–Crippen MR) is 65.1 cm³/mol. The van der Waals surface area contributed by atoms with E-state index in [4.69, 9.17) is 5.73 Å². The molecule has 0 spiro atoms. The lowest BCUT2D eigenvalue weighted by Crippen LogP contribution is -2.31. The molecule has 1 fully saturated rings. The van der Waals surface area contributed by atoms with Crippen molar-refractivity contribution in [2.75, 3.05) is 18.0 Å². The van der Waals surface area contributed by atoms with Crippen molar-refractivity contribution in [3.05, 3.63) is 29.6 Å². The molecule has 1 aromatic carbocycles. The lowest BCUT2D eigenvalue weighted by molar-refractivity contribution is 0.572. The fourth-order valence-electron chi connectivity index (χ4n) is 2.31. The normalized spacial score (nSPS) is 18.6. The van der Waals surface area contributed by atoms with Gasteiger partial charge >= 0.3 is 0 Å². The molecule has 2 nitrogen and oxygen atoms in total. The smallest absolute Gasteiger partial charge is 0.123 e. The van der Waals surface area contributed by atoms with Gasteiger partial charge in [0.2, 0.25) is 0 Å². The fourth-order valence-corrected chi connectivity index (χ4v) is 2.31. The van der Waals surface area contributed by atoms with Gasteiger partial charge in [0.25, 0.3) is 0 Å². The standard InChI is InChI=1S/C13H19FN2/c1-10(15)12-9-11(14)5-6-13(12)16-7-3-2-4-8-16/h5-6,9-10H,2-4,7-8,15H2,1H3. The molecule has 1 heterocycles. The van der Waals surface area contributed by atoms with Gasteiger partial charge in [0.15, 0.2) is 0 Å². The highest BCUT2D eigenvalue weighted by Gasteiger charge is 2.16. The molecule has 1 atom stereocenters. The second-order valence-corrected chi connectivity index (χ2v) is 4.54. The molecule has 88 valence electrons. The van der Waals surface area contributed by atoms with E-state index in [1.807, 2.05) is 13.0 Å². The summed E-state index contributed by atoms with van der Waals surface area (Å²) >= 11 is 0. The summed E-state index contributed by atoms with van der Waals surface area (Å²) in [4.78, 5) is 2.32. The molecule has 1 aliphatic rings. The average Bonchev–Trinajstić information content (AvgIpc) is 2.30. The maximum Gasteiger partial charge on any atom is 0.123 e. The Morgan fingerprint density at radius 2 is 1.94 bits per heavy atom. The molecule has 1 saturated heterocycles. The van der Waals surface area contributed by atoms with Crippen LogP contribution in [0, 0.1) is 5.82 Å². The van der Waals surface area contributed by atoms with Gasteiger partial charge < -0.3 is 10.6 Å². The van der Waals surface area contributed by atoms with Crippen LogP contribution in [0.1, 0.15) is 37.8 Å². The second kappa shape index (κ2) is 4.83. The minimum Gasteiger partial charge on any atom is -0.371 e. The Labute approximate surface area is 96.2 Å². The van der Waals surface area contributed by atoms with E-state index < -0.39 is 0 Å². The summed E-state index contributed by atoms with van der Waals surface area (Å²) in [6.07, 6.45) is 3.73. The highest BCUT2D eigenvalue weighted by molar-refractivity contribution is 5.55. The van der Waals surface area contributed by atoms with E-state index in [0.29, 0.717) is 0 Å². The van der Waals surface area contributed by atoms with Crippen molar-refractivity contribution in [2.24, 2.45) is 5.73 Å². The monoisotopic (exact) mass is 222 g/mol. The van der Waals surface area contributed by atoms with Gasteiger partial charge in [-0.25, -0.2) is 4.39 Å². The van der Waals surface area contributed by atoms with Gasteiger partial charge in [0, 0.05) is 24.8 Å². The van der Waals surface area contributed by atoms with Crippen molar-refractivity contribution < 1.29 is 4.39 Å². The molecular weight excluding hydrogens is 203 g/mol. The lowest BCUT2D eigenvalue weighted by Gasteiger charge is -2.31. The van der Waals surface area contributed by atoms with Crippen LogP contribution in [0.5, 0.6) is 0 Å². The van der Waals surface area contributed by atoms with Crippen LogP contribution >= 0.6 is 0 Å². The van der Waals surface area contributed by atoms with Crippen molar-refractivity contribution >= 4 is 5.69 Å². The number of hydrogen-bond donors (Lipinski definition) is 1. The summed E-state index contributed by atoms with van der Waals surface area (Å²) < 4.78 is 13.2. The Bertz CT molecular complexity index is 357. The summed E-state index contributed by atoms with van der Waals surface area (Å²) in [5, 5.41) is 0. The Morgan fingerprint density at radius 3 is 2.56 bits per heavy atom. The Morgan fingerprint density at radius 1 is 1.25 bits per heavy atom. The summed E-state index contributed by atoms with van der Waals surface area (Å²) in [7, 11) is 0. The number of halogens is 1. The molecule has 0 saturated carbocycles. The van der Waals surface area contributed by atoms with Crippen LogP contribution in [0.25, 0.3) is 0 Å². The highest BCUT2D eigenvalue weighted by Crippen LogP contribution is 2.28. The van der Waals surface area contributed by atoms with Crippen LogP contribution in [0.4, 0.5) is 10.1 Å². The van der Waals surface area contributed by atoms with Crippen LogP contribution < -0.4 is 10.6 Å². The topological polar surface area (TPSA) is 29.3 Å². The molecule has 0 amide bonds. The van der Waals surface area contributed by atoms with Gasteiger partial charge in [0.1, 0.15) is 5.82 Å². The SMILES string of the molecule is CC(N)c1cc(F)ccc1N1CCCCC1. The van der Waals surface area contributed by atoms with Crippen LogP contribution in [0.15, 0.2) is 18.2 Å². The third-order valence-corrected chi connectivity index (χ3v) is 3.18. The zero-order chi connectivity index (χ0) is 11.5. The molecule has 1 aliphatic heterocycles. The maximum atomic E-state index is 13.2. The van der Waals surface area contributed by atoms with Crippen LogP contribution in [0.3, 0.4) is 0 Å². The molecule has 1 aromatic rings. The fraction of sp³-hybridized carbons (Fsp3) is 0.538. The first kappa shape index (κ1) is 11.4. The van der Waals surface area contributed by atoms with Crippen LogP contribution in [-0.4, -0.2) is 13.1 Å². The van der Waals surface area contributed by atoms with Gasteiger partial charge in [-0.3, -0.25) is 0 Å². The molecule has 16 heavy (non-hydrogen) atoms.